The molecular formula is C10H17N3O9S. The second-order valence-electron chi connectivity index (χ2n) is 4.08. The van der Waals surface area contributed by atoms with Crippen LogP contribution in [0.1, 0.15) is 0 Å². The smallest absolute Gasteiger partial charge is 0.317 e. The van der Waals surface area contributed by atoms with Gasteiger partial charge in [-0.25, -0.2) is 0 Å². The average Bonchev–Trinajstić information content (AvgIpc) is 2.33. The quantitative estimate of drug-likeness (QED) is 0.215. The molecule has 13 heteroatoms. The lowest BCUT2D eigenvalue weighted by Crippen LogP contribution is -2.43. The van der Waals surface area contributed by atoms with Gasteiger partial charge in [0.1, 0.15) is 0 Å². The zero-order valence-electron chi connectivity index (χ0n) is 11.9. The molecule has 0 aromatic carbocycles. The van der Waals surface area contributed by atoms with Gasteiger partial charge in [-0.3, -0.25) is 29.0 Å². The number of hydrogen-bond donors (Lipinski definition) is 5. The number of thiol groups is 1. The maximum absolute atomic E-state index is 10.6. The van der Waals surface area contributed by atoms with E-state index in [4.69, 9.17) is 25.3 Å². The molecule has 132 valence electrons. The summed E-state index contributed by atoms with van der Waals surface area (Å²) in [5, 5.41) is 34.5. The van der Waals surface area contributed by atoms with Gasteiger partial charge in [-0.05, 0) is 0 Å². The van der Waals surface area contributed by atoms with Crippen LogP contribution in [0.4, 0.5) is 0 Å². The molecule has 12 nitrogen and oxygen atoms in total. The van der Waals surface area contributed by atoms with Crippen LogP contribution in [0.15, 0.2) is 4.58 Å². The van der Waals surface area contributed by atoms with Crippen LogP contribution < -0.4 is 0 Å². The lowest BCUT2D eigenvalue weighted by atomic mass is 10.4. The molecule has 0 aliphatic heterocycles. The molecule has 0 unspecified atom stereocenters. The van der Waals surface area contributed by atoms with Gasteiger partial charge >= 0.3 is 23.9 Å². The highest BCUT2D eigenvalue weighted by atomic mass is 32.1. The predicted octanol–water partition coefficient (Wildman–Crippen LogP) is -1.47. The molecule has 0 rings (SSSR count). The molecule has 0 saturated heterocycles. The van der Waals surface area contributed by atoms with Gasteiger partial charge in [-0.15, -0.1) is 4.91 Å². The zero-order chi connectivity index (χ0) is 18.4. The average molecular weight is 355 g/mol. The van der Waals surface area contributed by atoms with Crippen LogP contribution in [0.3, 0.4) is 0 Å². The third kappa shape index (κ3) is 17.7. The number of carbonyl (C=O) groups is 4. The lowest BCUT2D eigenvalue weighted by Gasteiger charge is -2.23. The molecule has 0 spiro atoms. The second-order valence-corrected chi connectivity index (χ2v) is 4.24. The monoisotopic (exact) mass is 355 g/mol. The van der Waals surface area contributed by atoms with E-state index in [1.807, 2.05) is 4.58 Å². The Morgan fingerprint density at radius 1 is 0.696 bits per heavy atom. The summed E-state index contributed by atoms with van der Waals surface area (Å²) in [6, 6.07) is 0. The minimum Gasteiger partial charge on any atom is -0.480 e. The van der Waals surface area contributed by atoms with Gasteiger partial charge in [0.25, 0.3) is 0 Å². The van der Waals surface area contributed by atoms with E-state index in [0.29, 0.717) is 0 Å². The maximum atomic E-state index is 10.6. The van der Waals surface area contributed by atoms with Crippen molar-refractivity contribution in [3.05, 3.63) is 4.91 Å². The van der Waals surface area contributed by atoms with Crippen molar-refractivity contribution in [3.8, 4) is 0 Å². The van der Waals surface area contributed by atoms with E-state index in [2.05, 4.69) is 12.8 Å². The topological polar surface area (TPSA) is 185 Å². The maximum Gasteiger partial charge on any atom is 0.317 e. The van der Waals surface area contributed by atoms with Gasteiger partial charge in [0.2, 0.25) is 0 Å². The highest BCUT2D eigenvalue weighted by Gasteiger charge is 2.17. The van der Waals surface area contributed by atoms with Crippen molar-refractivity contribution in [1.82, 2.24) is 9.80 Å². The van der Waals surface area contributed by atoms with Crippen LogP contribution in [0.5, 0.6) is 0 Å². The number of hydrogen-bond acceptors (Lipinski definition) is 8. The first kappa shape index (κ1) is 23.0. The Morgan fingerprint density at radius 2 is 0.870 bits per heavy atom. The number of rotatable bonds is 11. The molecule has 0 aliphatic carbocycles. The molecule has 4 N–H and O–H groups in total. The summed E-state index contributed by atoms with van der Waals surface area (Å²) in [5.41, 5.74) is 0. The van der Waals surface area contributed by atoms with Crippen molar-refractivity contribution in [3.63, 3.8) is 0 Å². The fourth-order valence-corrected chi connectivity index (χ4v) is 1.48. The third-order valence-corrected chi connectivity index (χ3v) is 2.17. The van der Waals surface area contributed by atoms with Crippen molar-refractivity contribution in [1.29, 1.82) is 0 Å². The fraction of sp³-hybridized carbons (Fsp3) is 0.600. The molecule has 0 aliphatic rings. The number of nitrogens with zero attached hydrogens (tertiary/aromatic N) is 3. The third-order valence-electron chi connectivity index (χ3n) is 2.17. The van der Waals surface area contributed by atoms with E-state index in [1.165, 1.54) is 0 Å². The summed E-state index contributed by atoms with van der Waals surface area (Å²) >= 11 is 2.86. The van der Waals surface area contributed by atoms with Crippen molar-refractivity contribution < 1.29 is 39.6 Å². The summed E-state index contributed by atoms with van der Waals surface area (Å²) in [4.78, 5) is 52.8. The van der Waals surface area contributed by atoms with Crippen LogP contribution >= 0.6 is 12.8 Å². The van der Waals surface area contributed by atoms with Gasteiger partial charge in [0.15, 0.2) is 0 Å². The van der Waals surface area contributed by atoms with E-state index in [0.717, 1.165) is 9.80 Å². The number of carboxylic acids is 4. The van der Waals surface area contributed by atoms with Crippen molar-refractivity contribution >= 4 is 36.7 Å². The molecular weight excluding hydrogens is 338 g/mol. The molecule has 0 aromatic rings. The largest absolute Gasteiger partial charge is 0.480 e. The first-order valence-corrected chi connectivity index (χ1v) is 6.31. The van der Waals surface area contributed by atoms with E-state index in [9.17, 15) is 19.2 Å². The second kappa shape index (κ2) is 13.4. The standard InChI is InChI=1S/C10H16N2O8.HNOS/c13-7(14)3-11(4-8(15)16)1-2-12(5-9(17)18)6-10(19)20;2-1-3/h1-6H2,(H,13,14)(H,15,16)(H,17,18)(H,19,20);(H,2,3). The Morgan fingerprint density at radius 3 is 1.00 bits per heavy atom. The van der Waals surface area contributed by atoms with Crippen molar-refractivity contribution in [2.24, 2.45) is 4.58 Å². The zero-order valence-corrected chi connectivity index (χ0v) is 12.8. The first-order chi connectivity index (χ1) is 10.6. The van der Waals surface area contributed by atoms with Gasteiger partial charge in [-0.2, -0.15) is 0 Å². The highest BCUT2D eigenvalue weighted by Crippen LogP contribution is 1.94. The van der Waals surface area contributed by atoms with Crippen LogP contribution in [-0.4, -0.2) is 93.4 Å². The predicted molar refractivity (Wildman–Crippen MR) is 78.2 cm³/mol. The SMILES string of the molecule is O=C(O)CN(CCN(CC(=O)O)CC(=O)O)CC(=O)O.O=NS. The van der Waals surface area contributed by atoms with Crippen molar-refractivity contribution in [2.75, 3.05) is 39.3 Å². The summed E-state index contributed by atoms with van der Waals surface area (Å²) < 4.78 is 1.94. The van der Waals surface area contributed by atoms with Crippen LogP contribution in [0.25, 0.3) is 0 Å². The molecule has 23 heavy (non-hydrogen) atoms. The molecule has 0 fully saturated rings. The lowest BCUT2D eigenvalue weighted by molar-refractivity contribution is -0.145. The number of nitroso groups, excluding NO2 is 1. The van der Waals surface area contributed by atoms with Gasteiger partial charge in [0, 0.05) is 30.5 Å². The minimum atomic E-state index is -1.23. The molecule has 0 aromatic heterocycles. The minimum absolute atomic E-state index is 0.0703. The summed E-state index contributed by atoms with van der Waals surface area (Å²) in [5.74, 6) is -4.91. The number of aliphatic carboxylic acids is 4. The van der Waals surface area contributed by atoms with Gasteiger partial charge in [0.05, 0.1) is 26.2 Å². The summed E-state index contributed by atoms with van der Waals surface area (Å²) in [6.45, 7) is -2.25. The molecule has 0 saturated carbocycles. The summed E-state index contributed by atoms with van der Waals surface area (Å²) in [6.07, 6.45) is 0. The van der Waals surface area contributed by atoms with E-state index in [-0.39, 0.29) is 13.1 Å². The normalized spacial score (nSPS) is 9.87. The van der Waals surface area contributed by atoms with Crippen LogP contribution in [0.2, 0.25) is 0 Å². The fourth-order valence-electron chi connectivity index (χ4n) is 1.48. The number of carboxylic acid groups (broad SMARTS) is 4. The molecule has 0 radical (unpaired) electrons. The molecule has 0 heterocycles. The Kier molecular flexibility index (Phi) is 13.4. The first-order valence-electron chi connectivity index (χ1n) is 5.91. The van der Waals surface area contributed by atoms with E-state index in [1.54, 1.807) is 0 Å². The Hall–Kier alpha value is -2.25. The molecule has 0 bridgehead atoms. The Bertz CT molecular complexity index is 364. The van der Waals surface area contributed by atoms with E-state index >= 15 is 0 Å². The van der Waals surface area contributed by atoms with Gasteiger partial charge in [-0.1, -0.05) is 0 Å². The van der Waals surface area contributed by atoms with Crippen LogP contribution in [0, 0.1) is 4.91 Å². The Balaban J connectivity index is 0. The molecule has 0 atom stereocenters. The van der Waals surface area contributed by atoms with Crippen molar-refractivity contribution in [2.45, 2.75) is 0 Å². The highest BCUT2D eigenvalue weighted by molar-refractivity contribution is 7.78. The molecule has 0 amide bonds. The van der Waals surface area contributed by atoms with Crippen LogP contribution in [-0.2, 0) is 19.2 Å². The van der Waals surface area contributed by atoms with Gasteiger partial charge < -0.3 is 20.4 Å². The summed E-state index contributed by atoms with van der Waals surface area (Å²) in [7, 11) is 0. The Labute approximate surface area is 135 Å². The van der Waals surface area contributed by atoms with E-state index < -0.39 is 50.1 Å².